The monoisotopic (exact) mass is 293 g/mol. The number of carboxylic acids is 1. The number of aliphatic carboxylic acids is 1. The van der Waals surface area contributed by atoms with Crippen molar-refractivity contribution < 1.29 is 19.4 Å². The van der Waals surface area contributed by atoms with Gasteiger partial charge in [0.2, 0.25) is 0 Å². The second kappa shape index (κ2) is 9.13. The molecule has 1 N–H and O–H groups in total. The molecule has 1 aromatic carbocycles. The van der Waals surface area contributed by atoms with E-state index in [0.29, 0.717) is 31.7 Å². The fourth-order valence-corrected chi connectivity index (χ4v) is 1.93. The molecule has 116 valence electrons. The zero-order chi connectivity index (χ0) is 15.7. The lowest BCUT2D eigenvalue weighted by Crippen LogP contribution is -2.34. The fourth-order valence-electron chi connectivity index (χ4n) is 1.93. The van der Waals surface area contributed by atoms with Crippen molar-refractivity contribution in [2.45, 2.75) is 26.7 Å². The van der Waals surface area contributed by atoms with Crippen LogP contribution in [0.4, 0.5) is 0 Å². The summed E-state index contributed by atoms with van der Waals surface area (Å²) in [5, 5.41) is 8.80. The molecule has 1 rings (SSSR count). The summed E-state index contributed by atoms with van der Waals surface area (Å²) in [4.78, 5) is 24.7. The molecule has 0 aliphatic carbocycles. The quantitative estimate of drug-likeness (QED) is 0.710. The van der Waals surface area contributed by atoms with Crippen LogP contribution < -0.4 is 0 Å². The molecule has 5 nitrogen and oxygen atoms in total. The van der Waals surface area contributed by atoms with Crippen molar-refractivity contribution >= 4 is 11.9 Å². The lowest BCUT2D eigenvalue weighted by molar-refractivity contribution is -0.137. The molecule has 5 heteroatoms. The second-order valence-corrected chi connectivity index (χ2v) is 4.85. The highest BCUT2D eigenvalue weighted by atomic mass is 16.5. The Morgan fingerprint density at radius 3 is 2.43 bits per heavy atom. The molecule has 0 spiro atoms. The third-order valence-corrected chi connectivity index (χ3v) is 3.10. The molecule has 21 heavy (non-hydrogen) atoms. The number of aryl methyl sites for hydroxylation is 1. The predicted octanol–water partition coefficient (Wildman–Crippen LogP) is 2.34. The maximum Gasteiger partial charge on any atom is 0.305 e. The molecule has 0 unspecified atom stereocenters. The molecular formula is C16H23NO4. The zero-order valence-electron chi connectivity index (χ0n) is 12.7. The van der Waals surface area contributed by atoms with Crippen LogP contribution in [0.2, 0.25) is 0 Å². The summed E-state index contributed by atoms with van der Waals surface area (Å²) in [7, 11) is 0. The zero-order valence-corrected chi connectivity index (χ0v) is 12.7. The van der Waals surface area contributed by atoms with Gasteiger partial charge in [0.05, 0.1) is 6.42 Å². The fraction of sp³-hybridized carbons (Fsp3) is 0.500. The maximum atomic E-state index is 12.4. The van der Waals surface area contributed by atoms with E-state index in [4.69, 9.17) is 9.84 Å². The SMILES string of the molecule is CCOCCCN(CCC(=O)O)C(=O)c1ccc(C)cc1. The number of amides is 1. The third kappa shape index (κ3) is 6.40. The molecule has 0 aliphatic rings. The van der Waals surface area contributed by atoms with Crippen LogP contribution in [0, 0.1) is 6.92 Å². The van der Waals surface area contributed by atoms with E-state index in [9.17, 15) is 9.59 Å². The molecule has 0 radical (unpaired) electrons. The highest BCUT2D eigenvalue weighted by molar-refractivity contribution is 5.94. The van der Waals surface area contributed by atoms with Crippen LogP contribution in [0.25, 0.3) is 0 Å². The molecule has 0 atom stereocenters. The first-order valence-corrected chi connectivity index (χ1v) is 7.20. The van der Waals surface area contributed by atoms with E-state index >= 15 is 0 Å². The van der Waals surface area contributed by atoms with Crippen LogP contribution >= 0.6 is 0 Å². The van der Waals surface area contributed by atoms with Crippen molar-refractivity contribution in [3.05, 3.63) is 35.4 Å². The molecule has 0 saturated carbocycles. The van der Waals surface area contributed by atoms with Gasteiger partial charge in [-0.1, -0.05) is 17.7 Å². The van der Waals surface area contributed by atoms with E-state index in [1.165, 1.54) is 0 Å². The Morgan fingerprint density at radius 1 is 1.19 bits per heavy atom. The highest BCUT2D eigenvalue weighted by Crippen LogP contribution is 2.08. The Morgan fingerprint density at radius 2 is 1.86 bits per heavy atom. The number of nitrogens with zero attached hydrogens (tertiary/aromatic N) is 1. The topological polar surface area (TPSA) is 66.8 Å². The van der Waals surface area contributed by atoms with Gasteiger partial charge in [-0.05, 0) is 32.4 Å². The van der Waals surface area contributed by atoms with Gasteiger partial charge in [0.25, 0.3) is 5.91 Å². The molecule has 1 amide bonds. The number of ether oxygens (including phenoxy) is 1. The minimum absolute atomic E-state index is 0.0494. The van der Waals surface area contributed by atoms with Crippen molar-refractivity contribution in [3.63, 3.8) is 0 Å². The number of benzene rings is 1. The Balaban J connectivity index is 2.66. The van der Waals surface area contributed by atoms with E-state index < -0.39 is 5.97 Å². The van der Waals surface area contributed by atoms with Gasteiger partial charge in [-0.15, -0.1) is 0 Å². The molecule has 0 aliphatic heterocycles. The standard InChI is InChI=1S/C16H23NO4/c1-3-21-12-4-10-17(11-9-15(18)19)16(20)14-7-5-13(2)6-8-14/h5-8H,3-4,9-12H2,1-2H3,(H,18,19). The van der Waals surface area contributed by atoms with Crippen molar-refractivity contribution in [2.24, 2.45) is 0 Å². The second-order valence-electron chi connectivity index (χ2n) is 4.85. The predicted molar refractivity (Wildman–Crippen MR) is 80.4 cm³/mol. The van der Waals surface area contributed by atoms with E-state index in [2.05, 4.69) is 0 Å². The van der Waals surface area contributed by atoms with Crippen LogP contribution in [0.5, 0.6) is 0 Å². The highest BCUT2D eigenvalue weighted by Gasteiger charge is 2.16. The van der Waals surface area contributed by atoms with Crippen molar-refractivity contribution in [1.82, 2.24) is 4.90 Å². The third-order valence-electron chi connectivity index (χ3n) is 3.10. The average molecular weight is 293 g/mol. The first-order chi connectivity index (χ1) is 10.0. The van der Waals surface area contributed by atoms with Gasteiger partial charge in [0.1, 0.15) is 0 Å². The first kappa shape index (κ1) is 17.2. The molecule has 0 bridgehead atoms. The molecule has 1 aromatic rings. The van der Waals surface area contributed by atoms with Crippen LogP contribution in [0.1, 0.15) is 35.7 Å². The normalized spacial score (nSPS) is 10.4. The molecular weight excluding hydrogens is 270 g/mol. The van der Waals surface area contributed by atoms with Crippen LogP contribution in [-0.2, 0) is 9.53 Å². The van der Waals surface area contributed by atoms with E-state index in [1.807, 2.05) is 26.0 Å². The number of carbonyl (C=O) groups excluding carboxylic acids is 1. The molecule has 0 heterocycles. The summed E-state index contributed by atoms with van der Waals surface area (Å²) in [6.07, 6.45) is 0.650. The van der Waals surface area contributed by atoms with E-state index in [-0.39, 0.29) is 18.9 Å². The Kier molecular flexibility index (Phi) is 7.46. The number of hydrogen-bond donors (Lipinski definition) is 1. The van der Waals surface area contributed by atoms with E-state index in [1.54, 1.807) is 17.0 Å². The summed E-state index contributed by atoms with van der Waals surface area (Å²) in [6, 6.07) is 7.30. The minimum Gasteiger partial charge on any atom is -0.481 e. The summed E-state index contributed by atoms with van der Waals surface area (Å²) in [5.41, 5.74) is 1.67. The maximum absolute atomic E-state index is 12.4. The smallest absolute Gasteiger partial charge is 0.305 e. The summed E-state index contributed by atoms with van der Waals surface area (Å²) < 4.78 is 5.26. The van der Waals surface area contributed by atoms with Gasteiger partial charge < -0.3 is 14.7 Å². The van der Waals surface area contributed by atoms with Gasteiger partial charge in [0, 0.05) is 31.9 Å². The van der Waals surface area contributed by atoms with Crippen molar-refractivity contribution in [2.75, 3.05) is 26.3 Å². The number of carboxylic acid groups (broad SMARTS) is 1. The first-order valence-electron chi connectivity index (χ1n) is 7.20. The molecule has 0 saturated heterocycles. The van der Waals surface area contributed by atoms with Crippen LogP contribution in [-0.4, -0.2) is 48.2 Å². The van der Waals surface area contributed by atoms with Crippen LogP contribution in [0.3, 0.4) is 0 Å². The molecule has 0 aromatic heterocycles. The minimum atomic E-state index is -0.901. The Labute approximate surface area is 125 Å². The van der Waals surface area contributed by atoms with Gasteiger partial charge in [-0.2, -0.15) is 0 Å². The number of rotatable bonds is 9. The largest absolute Gasteiger partial charge is 0.481 e. The van der Waals surface area contributed by atoms with Gasteiger partial charge in [-0.3, -0.25) is 9.59 Å². The lowest BCUT2D eigenvalue weighted by Gasteiger charge is -2.22. The summed E-state index contributed by atoms with van der Waals surface area (Å²) >= 11 is 0. The van der Waals surface area contributed by atoms with Gasteiger partial charge in [0.15, 0.2) is 0 Å². The Bertz CT molecular complexity index is 456. The number of carbonyl (C=O) groups is 2. The van der Waals surface area contributed by atoms with Gasteiger partial charge in [-0.25, -0.2) is 0 Å². The summed E-state index contributed by atoms with van der Waals surface area (Å²) in [6.45, 7) is 5.80. The lowest BCUT2D eigenvalue weighted by atomic mass is 10.1. The van der Waals surface area contributed by atoms with Gasteiger partial charge >= 0.3 is 5.97 Å². The number of hydrogen-bond acceptors (Lipinski definition) is 3. The average Bonchev–Trinajstić information content (AvgIpc) is 2.46. The molecule has 0 fully saturated rings. The van der Waals surface area contributed by atoms with Crippen molar-refractivity contribution in [1.29, 1.82) is 0 Å². The summed E-state index contributed by atoms with van der Waals surface area (Å²) in [5.74, 6) is -1.03. The van der Waals surface area contributed by atoms with Crippen molar-refractivity contribution in [3.8, 4) is 0 Å². The van der Waals surface area contributed by atoms with Crippen LogP contribution in [0.15, 0.2) is 24.3 Å². The Hall–Kier alpha value is -1.88. The van der Waals surface area contributed by atoms with E-state index in [0.717, 1.165) is 5.56 Å².